The summed E-state index contributed by atoms with van der Waals surface area (Å²) in [6.07, 6.45) is 0.412. The Labute approximate surface area is 134 Å². The Hall–Kier alpha value is -0.880. The highest BCUT2D eigenvalue weighted by Gasteiger charge is 2.09. The van der Waals surface area contributed by atoms with E-state index in [1.54, 1.807) is 25.3 Å². The maximum absolute atomic E-state index is 12.2. The molecule has 0 spiro atoms. The fraction of sp³-hybridized carbons (Fsp3) is 0.133. The molecule has 2 rings (SSSR count). The van der Waals surface area contributed by atoms with Crippen molar-refractivity contribution in [1.29, 1.82) is 0 Å². The predicted octanol–water partition coefficient (Wildman–Crippen LogP) is 4.49. The minimum Gasteiger partial charge on any atom is -0.496 e. The number of carbonyl (C=O) groups is 1. The van der Waals surface area contributed by atoms with Crippen LogP contribution in [0.4, 0.5) is 0 Å². The smallest absolute Gasteiger partial charge is 0.167 e. The Morgan fingerprint density at radius 2 is 1.89 bits per heavy atom. The number of benzene rings is 2. The first-order valence-corrected chi connectivity index (χ1v) is 7.58. The Balaban J connectivity index is 2.16. The molecule has 0 aliphatic rings. The van der Waals surface area contributed by atoms with Crippen LogP contribution >= 0.6 is 38.5 Å². The van der Waals surface area contributed by atoms with Crippen molar-refractivity contribution in [3.05, 3.63) is 61.6 Å². The third kappa shape index (κ3) is 3.79. The molecule has 0 bridgehead atoms. The van der Waals surface area contributed by atoms with Gasteiger partial charge in [-0.1, -0.05) is 12.1 Å². The zero-order valence-corrected chi connectivity index (χ0v) is 14.1. The molecule has 19 heavy (non-hydrogen) atoms. The van der Waals surface area contributed by atoms with Gasteiger partial charge in [-0.3, -0.25) is 4.79 Å². The molecular formula is C15H12BrIO2. The highest BCUT2D eigenvalue weighted by atomic mass is 127. The summed E-state index contributed by atoms with van der Waals surface area (Å²) in [4.78, 5) is 12.2. The number of ether oxygens (including phenoxy) is 1. The molecule has 0 saturated heterocycles. The second-order valence-electron chi connectivity index (χ2n) is 4.08. The molecule has 0 radical (unpaired) electrons. The van der Waals surface area contributed by atoms with Crippen molar-refractivity contribution in [2.45, 2.75) is 6.42 Å². The molecule has 2 aromatic carbocycles. The third-order valence-electron chi connectivity index (χ3n) is 2.75. The molecule has 0 saturated carbocycles. The average Bonchev–Trinajstić information content (AvgIpc) is 2.41. The third-order valence-corrected chi connectivity index (χ3v) is 4.09. The summed E-state index contributed by atoms with van der Waals surface area (Å²) in [5.74, 6) is 0.829. The lowest BCUT2D eigenvalue weighted by Crippen LogP contribution is -2.03. The van der Waals surface area contributed by atoms with Crippen LogP contribution < -0.4 is 4.74 Å². The van der Waals surface area contributed by atoms with Crippen LogP contribution in [0.15, 0.2) is 46.9 Å². The Bertz CT molecular complexity index is 594. The summed E-state index contributed by atoms with van der Waals surface area (Å²) in [7, 11) is 1.60. The van der Waals surface area contributed by atoms with Crippen molar-refractivity contribution in [3.8, 4) is 5.75 Å². The quantitative estimate of drug-likeness (QED) is 0.527. The van der Waals surface area contributed by atoms with Gasteiger partial charge in [0.2, 0.25) is 0 Å². The Morgan fingerprint density at radius 3 is 2.47 bits per heavy atom. The SMILES string of the molecule is COc1ccc(C(=O)Cc2ccc(I)cc2)cc1Br. The van der Waals surface area contributed by atoms with Gasteiger partial charge in [-0.05, 0) is 74.4 Å². The number of methoxy groups -OCH3 is 1. The molecular weight excluding hydrogens is 419 g/mol. The minimum atomic E-state index is 0.101. The van der Waals surface area contributed by atoms with Crippen LogP contribution in [0.1, 0.15) is 15.9 Å². The van der Waals surface area contributed by atoms with Gasteiger partial charge in [0, 0.05) is 15.6 Å². The number of halogens is 2. The summed E-state index contributed by atoms with van der Waals surface area (Å²) >= 11 is 5.64. The molecule has 0 fully saturated rings. The number of hydrogen-bond acceptors (Lipinski definition) is 2. The van der Waals surface area contributed by atoms with Crippen LogP contribution in [-0.4, -0.2) is 12.9 Å². The number of rotatable bonds is 4. The molecule has 0 aliphatic heterocycles. The van der Waals surface area contributed by atoms with E-state index in [0.29, 0.717) is 12.0 Å². The van der Waals surface area contributed by atoms with E-state index in [1.807, 2.05) is 24.3 Å². The van der Waals surface area contributed by atoms with Crippen molar-refractivity contribution < 1.29 is 9.53 Å². The first-order valence-electron chi connectivity index (χ1n) is 5.71. The van der Waals surface area contributed by atoms with Gasteiger partial charge < -0.3 is 4.74 Å². The fourth-order valence-electron chi connectivity index (χ4n) is 1.73. The summed E-state index contributed by atoms with van der Waals surface area (Å²) in [6, 6.07) is 13.4. The summed E-state index contributed by atoms with van der Waals surface area (Å²) in [5, 5.41) is 0. The van der Waals surface area contributed by atoms with Crippen LogP contribution in [-0.2, 0) is 6.42 Å². The van der Waals surface area contributed by atoms with Crippen molar-refractivity contribution in [2.24, 2.45) is 0 Å². The van der Waals surface area contributed by atoms with Gasteiger partial charge in [0.25, 0.3) is 0 Å². The molecule has 4 heteroatoms. The monoisotopic (exact) mass is 430 g/mol. The fourth-order valence-corrected chi connectivity index (χ4v) is 2.63. The van der Waals surface area contributed by atoms with Crippen LogP contribution in [0, 0.1) is 3.57 Å². The van der Waals surface area contributed by atoms with Crippen LogP contribution in [0.3, 0.4) is 0 Å². The van der Waals surface area contributed by atoms with Gasteiger partial charge in [-0.2, -0.15) is 0 Å². The average molecular weight is 431 g/mol. The van der Waals surface area contributed by atoms with Gasteiger partial charge in [0.15, 0.2) is 5.78 Å². The number of Topliss-reactive ketones (excluding diaryl/α,β-unsaturated/α-hetero) is 1. The first kappa shape index (κ1) is 14.5. The van der Waals surface area contributed by atoms with E-state index < -0.39 is 0 Å². The molecule has 0 aromatic heterocycles. The van der Waals surface area contributed by atoms with E-state index in [0.717, 1.165) is 15.8 Å². The lowest BCUT2D eigenvalue weighted by Gasteiger charge is -2.06. The van der Waals surface area contributed by atoms with E-state index in [9.17, 15) is 4.79 Å². The van der Waals surface area contributed by atoms with Gasteiger partial charge >= 0.3 is 0 Å². The molecule has 0 aliphatic carbocycles. The molecule has 0 amide bonds. The van der Waals surface area contributed by atoms with Gasteiger partial charge in [-0.25, -0.2) is 0 Å². The van der Waals surface area contributed by atoms with Crippen molar-refractivity contribution in [3.63, 3.8) is 0 Å². The van der Waals surface area contributed by atoms with Gasteiger partial charge in [0.05, 0.1) is 11.6 Å². The standard InChI is InChI=1S/C15H12BrIO2/c1-19-15-7-4-11(9-13(15)16)14(18)8-10-2-5-12(17)6-3-10/h2-7,9H,8H2,1H3. The molecule has 0 N–H and O–H groups in total. The second-order valence-corrected chi connectivity index (χ2v) is 6.18. The summed E-state index contributed by atoms with van der Waals surface area (Å²) in [6.45, 7) is 0. The minimum absolute atomic E-state index is 0.101. The van der Waals surface area contributed by atoms with E-state index in [2.05, 4.69) is 38.5 Å². The number of ketones is 1. The molecule has 98 valence electrons. The number of carbonyl (C=O) groups excluding carboxylic acids is 1. The maximum Gasteiger partial charge on any atom is 0.167 e. The topological polar surface area (TPSA) is 26.3 Å². The highest BCUT2D eigenvalue weighted by Crippen LogP contribution is 2.26. The number of hydrogen-bond donors (Lipinski definition) is 0. The van der Waals surface area contributed by atoms with E-state index in [4.69, 9.17) is 4.74 Å². The predicted molar refractivity (Wildman–Crippen MR) is 87.9 cm³/mol. The van der Waals surface area contributed by atoms with E-state index in [-0.39, 0.29) is 5.78 Å². The zero-order chi connectivity index (χ0) is 13.8. The molecule has 2 aromatic rings. The lowest BCUT2D eigenvalue weighted by molar-refractivity contribution is 0.0993. The van der Waals surface area contributed by atoms with Gasteiger partial charge in [-0.15, -0.1) is 0 Å². The molecule has 0 heterocycles. The van der Waals surface area contributed by atoms with Gasteiger partial charge in [0.1, 0.15) is 5.75 Å². The van der Waals surface area contributed by atoms with Crippen LogP contribution in [0.25, 0.3) is 0 Å². The van der Waals surface area contributed by atoms with Crippen molar-refractivity contribution in [1.82, 2.24) is 0 Å². The van der Waals surface area contributed by atoms with E-state index >= 15 is 0 Å². The Morgan fingerprint density at radius 1 is 1.21 bits per heavy atom. The summed E-state index contributed by atoms with van der Waals surface area (Å²) < 4.78 is 7.11. The van der Waals surface area contributed by atoms with Crippen molar-refractivity contribution >= 4 is 44.3 Å². The van der Waals surface area contributed by atoms with Crippen molar-refractivity contribution in [2.75, 3.05) is 7.11 Å². The maximum atomic E-state index is 12.2. The molecule has 0 atom stereocenters. The zero-order valence-electron chi connectivity index (χ0n) is 10.3. The van der Waals surface area contributed by atoms with Crippen LogP contribution in [0.2, 0.25) is 0 Å². The highest BCUT2D eigenvalue weighted by molar-refractivity contribution is 14.1. The first-order chi connectivity index (χ1) is 9.10. The van der Waals surface area contributed by atoms with Crippen LogP contribution in [0.5, 0.6) is 5.75 Å². The molecule has 0 unspecified atom stereocenters. The van der Waals surface area contributed by atoms with E-state index in [1.165, 1.54) is 3.57 Å². The molecule has 2 nitrogen and oxygen atoms in total. The largest absolute Gasteiger partial charge is 0.496 e. The Kier molecular flexibility index (Phi) is 4.99. The summed E-state index contributed by atoms with van der Waals surface area (Å²) in [5.41, 5.74) is 1.71. The second kappa shape index (κ2) is 6.52. The normalized spacial score (nSPS) is 10.3. The lowest BCUT2D eigenvalue weighted by atomic mass is 10.0.